The number of sulfonamides is 1. The van der Waals surface area contributed by atoms with E-state index in [1.807, 2.05) is 35.8 Å². The Hall–Kier alpha value is -3.07. The van der Waals surface area contributed by atoms with Gasteiger partial charge in [0.1, 0.15) is 0 Å². The van der Waals surface area contributed by atoms with E-state index >= 15 is 0 Å². The number of benzene rings is 3. The first-order valence-electron chi connectivity index (χ1n) is 11.6. The smallest absolute Gasteiger partial charge is 0.279 e. The van der Waals surface area contributed by atoms with Crippen LogP contribution in [0.25, 0.3) is 10.2 Å². The molecule has 0 saturated carbocycles. The second kappa shape index (κ2) is 9.18. The fourth-order valence-corrected chi connectivity index (χ4v) is 7.21. The fraction of sp³-hybridized carbons (Fsp3) is 0.259. The second-order valence-corrected chi connectivity index (χ2v) is 11.8. The van der Waals surface area contributed by atoms with E-state index in [1.54, 1.807) is 12.1 Å². The van der Waals surface area contributed by atoms with Crippen LogP contribution in [-0.4, -0.2) is 29.7 Å². The molecular weight excluding hydrogens is 478 g/mol. The maximum atomic E-state index is 13.2. The third-order valence-corrected chi connectivity index (χ3v) is 9.55. The van der Waals surface area contributed by atoms with Crippen molar-refractivity contribution in [2.45, 2.75) is 45.2 Å². The fourth-order valence-electron chi connectivity index (χ4n) is 4.65. The van der Waals surface area contributed by atoms with Crippen molar-refractivity contribution in [3.8, 4) is 0 Å². The molecule has 0 bridgehead atoms. The lowest BCUT2D eigenvalue weighted by atomic mass is 10.0. The van der Waals surface area contributed by atoms with E-state index < -0.39 is 10.0 Å². The van der Waals surface area contributed by atoms with Crippen molar-refractivity contribution in [1.82, 2.24) is 8.87 Å². The highest BCUT2D eigenvalue weighted by molar-refractivity contribution is 7.89. The number of nitrogens with zero attached hydrogens (tertiary/aromatic N) is 3. The van der Waals surface area contributed by atoms with Gasteiger partial charge in [0.2, 0.25) is 10.0 Å². The number of thiazole rings is 1. The van der Waals surface area contributed by atoms with Gasteiger partial charge in [-0.1, -0.05) is 41.7 Å². The van der Waals surface area contributed by atoms with Crippen molar-refractivity contribution < 1.29 is 13.2 Å². The van der Waals surface area contributed by atoms with E-state index in [0.717, 1.165) is 21.3 Å². The Morgan fingerprint density at radius 3 is 2.46 bits per heavy atom. The second-order valence-electron chi connectivity index (χ2n) is 8.86. The van der Waals surface area contributed by atoms with Gasteiger partial charge in [-0.2, -0.15) is 9.30 Å². The highest BCUT2D eigenvalue weighted by atomic mass is 32.2. The predicted molar refractivity (Wildman–Crippen MR) is 139 cm³/mol. The van der Waals surface area contributed by atoms with Gasteiger partial charge >= 0.3 is 0 Å². The van der Waals surface area contributed by atoms with Crippen LogP contribution in [0.2, 0.25) is 0 Å². The standard InChI is InChI=1S/C27H27N3O3S2/c1-4-30-24-16-18(2)15-19(3)25(24)34-27(30)28-26(31)21-9-11-23(12-10-21)35(32,33)29-14-13-20-7-5-6-8-22(20)17-29/h5-12,15-16H,4,13-14,17H2,1-3H3. The molecule has 180 valence electrons. The summed E-state index contributed by atoms with van der Waals surface area (Å²) < 4.78 is 31.1. The highest BCUT2D eigenvalue weighted by Gasteiger charge is 2.28. The molecule has 0 atom stereocenters. The molecule has 1 aromatic heterocycles. The predicted octanol–water partition coefficient (Wildman–Crippen LogP) is 4.83. The van der Waals surface area contributed by atoms with Crippen molar-refractivity contribution in [2.24, 2.45) is 4.99 Å². The maximum Gasteiger partial charge on any atom is 0.279 e. The molecule has 1 amide bonds. The van der Waals surface area contributed by atoms with Gasteiger partial charge in [0, 0.05) is 25.2 Å². The number of rotatable bonds is 4. The van der Waals surface area contributed by atoms with Crippen LogP contribution < -0.4 is 4.80 Å². The topological polar surface area (TPSA) is 71.7 Å². The molecule has 1 aliphatic rings. The Morgan fingerprint density at radius 1 is 1.03 bits per heavy atom. The van der Waals surface area contributed by atoms with Crippen molar-refractivity contribution in [3.63, 3.8) is 0 Å². The number of carbonyl (C=O) groups is 1. The zero-order valence-corrected chi connectivity index (χ0v) is 21.6. The number of fused-ring (bicyclic) bond motifs is 2. The largest absolute Gasteiger partial charge is 0.317 e. The van der Waals surface area contributed by atoms with Gasteiger partial charge in [-0.15, -0.1) is 0 Å². The van der Waals surface area contributed by atoms with E-state index in [1.165, 1.54) is 38.9 Å². The van der Waals surface area contributed by atoms with Gasteiger partial charge in [-0.05, 0) is 79.8 Å². The first kappa shape index (κ1) is 23.7. The Bertz CT molecular complexity index is 1610. The third kappa shape index (κ3) is 4.37. The molecule has 0 saturated heterocycles. The molecule has 0 fully saturated rings. The van der Waals surface area contributed by atoms with Gasteiger partial charge in [0.05, 0.1) is 15.1 Å². The SMILES string of the molecule is CCn1c(=NC(=O)c2ccc(S(=O)(=O)N3CCc4ccccc4C3)cc2)sc2c(C)cc(C)cc21. The van der Waals surface area contributed by atoms with Gasteiger partial charge in [-0.25, -0.2) is 8.42 Å². The molecule has 2 heterocycles. The van der Waals surface area contributed by atoms with Crippen LogP contribution in [-0.2, 0) is 29.5 Å². The molecule has 0 spiro atoms. The summed E-state index contributed by atoms with van der Waals surface area (Å²) in [4.78, 5) is 18.2. The minimum Gasteiger partial charge on any atom is -0.317 e. The molecule has 35 heavy (non-hydrogen) atoms. The van der Waals surface area contributed by atoms with Crippen LogP contribution in [0.4, 0.5) is 0 Å². The van der Waals surface area contributed by atoms with Crippen LogP contribution >= 0.6 is 11.3 Å². The Kier molecular flexibility index (Phi) is 6.21. The van der Waals surface area contributed by atoms with E-state index in [2.05, 4.69) is 31.0 Å². The zero-order valence-electron chi connectivity index (χ0n) is 20.0. The van der Waals surface area contributed by atoms with E-state index in [0.29, 0.717) is 36.4 Å². The maximum absolute atomic E-state index is 13.2. The summed E-state index contributed by atoms with van der Waals surface area (Å²) in [6, 6.07) is 18.3. The van der Waals surface area contributed by atoms with Crippen LogP contribution in [0.15, 0.2) is 70.6 Å². The van der Waals surface area contributed by atoms with Gasteiger partial charge in [0.15, 0.2) is 4.80 Å². The first-order chi connectivity index (χ1) is 16.8. The monoisotopic (exact) mass is 505 g/mol. The van der Waals surface area contributed by atoms with Crippen molar-refractivity contribution in [3.05, 3.63) is 93.3 Å². The average Bonchev–Trinajstić information content (AvgIpc) is 3.20. The molecule has 6 nitrogen and oxygen atoms in total. The van der Waals surface area contributed by atoms with Crippen molar-refractivity contribution in [1.29, 1.82) is 0 Å². The minimum absolute atomic E-state index is 0.185. The molecule has 4 aromatic rings. The molecule has 5 rings (SSSR count). The van der Waals surface area contributed by atoms with E-state index in [4.69, 9.17) is 0 Å². The quantitative estimate of drug-likeness (QED) is 0.399. The minimum atomic E-state index is -3.65. The lowest BCUT2D eigenvalue weighted by Crippen LogP contribution is -2.35. The normalized spacial score (nSPS) is 14.9. The molecule has 8 heteroatoms. The van der Waals surface area contributed by atoms with Gasteiger partial charge < -0.3 is 4.57 Å². The number of carbonyl (C=O) groups excluding carboxylic acids is 1. The number of hydrogen-bond donors (Lipinski definition) is 0. The summed E-state index contributed by atoms with van der Waals surface area (Å²) in [5.74, 6) is -0.385. The summed E-state index contributed by atoms with van der Waals surface area (Å²) in [5.41, 5.74) is 5.99. The van der Waals surface area contributed by atoms with Crippen molar-refractivity contribution in [2.75, 3.05) is 6.54 Å². The van der Waals surface area contributed by atoms with E-state index in [-0.39, 0.29) is 10.8 Å². The van der Waals surface area contributed by atoms with Crippen LogP contribution in [0.5, 0.6) is 0 Å². The summed E-state index contributed by atoms with van der Waals surface area (Å²) >= 11 is 1.50. The summed E-state index contributed by atoms with van der Waals surface area (Å²) in [6.45, 7) is 7.66. The van der Waals surface area contributed by atoms with Gasteiger partial charge in [0.25, 0.3) is 5.91 Å². The summed E-state index contributed by atoms with van der Waals surface area (Å²) in [5, 5.41) is 0. The first-order valence-corrected chi connectivity index (χ1v) is 13.9. The molecule has 0 unspecified atom stereocenters. The summed E-state index contributed by atoms with van der Waals surface area (Å²) in [7, 11) is -3.65. The van der Waals surface area contributed by atoms with Gasteiger partial charge in [-0.3, -0.25) is 4.79 Å². The lowest BCUT2D eigenvalue weighted by molar-refractivity contribution is 0.0997. The number of aromatic nitrogens is 1. The molecular formula is C27H27N3O3S2. The van der Waals surface area contributed by atoms with Crippen LogP contribution in [0.1, 0.15) is 39.5 Å². The molecule has 0 N–H and O–H groups in total. The summed E-state index contributed by atoms with van der Waals surface area (Å²) in [6.07, 6.45) is 0.691. The average molecular weight is 506 g/mol. The Morgan fingerprint density at radius 2 is 1.74 bits per heavy atom. The lowest BCUT2D eigenvalue weighted by Gasteiger charge is -2.28. The highest BCUT2D eigenvalue weighted by Crippen LogP contribution is 2.26. The number of amides is 1. The number of aryl methyl sites for hydroxylation is 3. The van der Waals surface area contributed by atoms with Crippen LogP contribution in [0.3, 0.4) is 0 Å². The van der Waals surface area contributed by atoms with Crippen LogP contribution in [0, 0.1) is 13.8 Å². The zero-order chi connectivity index (χ0) is 24.7. The molecule has 0 radical (unpaired) electrons. The number of hydrogen-bond acceptors (Lipinski definition) is 4. The Balaban J connectivity index is 1.43. The van der Waals surface area contributed by atoms with E-state index in [9.17, 15) is 13.2 Å². The molecule has 3 aromatic carbocycles. The Labute approximate surface area is 209 Å². The van der Waals surface area contributed by atoms with Crippen molar-refractivity contribution >= 4 is 37.5 Å². The molecule has 1 aliphatic heterocycles. The third-order valence-electron chi connectivity index (χ3n) is 6.46. The molecule has 0 aliphatic carbocycles.